The molecule has 0 aliphatic carbocycles. The van der Waals surface area contributed by atoms with Crippen molar-refractivity contribution >= 4 is 11.9 Å². The zero-order chi connectivity index (χ0) is 16.0. The monoisotopic (exact) mass is 300 g/mol. The molecule has 2 atom stereocenters. The maximum absolute atomic E-state index is 12.4. The first-order chi connectivity index (χ1) is 9.76. The van der Waals surface area contributed by atoms with Crippen LogP contribution < -0.4 is 5.32 Å². The van der Waals surface area contributed by atoms with E-state index in [1.165, 1.54) is 0 Å². The largest absolute Gasteiger partial charge is 0.481 e. The Labute approximate surface area is 126 Å². The number of carboxylic acids is 1. The topological polar surface area (TPSA) is 78.9 Å². The summed E-state index contributed by atoms with van der Waals surface area (Å²) in [7, 11) is 0. The van der Waals surface area contributed by atoms with Crippen molar-refractivity contribution in [2.75, 3.05) is 26.3 Å². The maximum Gasteiger partial charge on any atom is 0.311 e. The third-order valence-electron chi connectivity index (χ3n) is 3.55. The van der Waals surface area contributed by atoms with Crippen LogP contribution in [-0.4, -0.2) is 59.8 Å². The molecule has 122 valence electrons. The van der Waals surface area contributed by atoms with Gasteiger partial charge < -0.3 is 20.1 Å². The lowest BCUT2D eigenvalue weighted by Crippen LogP contribution is -2.48. The molecule has 0 saturated carbocycles. The zero-order valence-corrected chi connectivity index (χ0v) is 13.5. The van der Waals surface area contributed by atoms with Crippen LogP contribution in [0, 0.1) is 5.92 Å². The summed E-state index contributed by atoms with van der Waals surface area (Å²) in [6.45, 7) is 9.80. The summed E-state index contributed by atoms with van der Waals surface area (Å²) in [6.07, 6.45) is 1.18. The third kappa shape index (κ3) is 5.63. The highest BCUT2D eigenvalue weighted by Gasteiger charge is 2.39. The predicted octanol–water partition coefficient (Wildman–Crippen LogP) is 1.10. The number of hydrogen-bond acceptors (Lipinski definition) is 4. The van der Waals surface area contributed by atoms with E-state index >= 15 is 0 Å². The van der Waals surface area contributed by atoms with Gasteiger partial charge in [0.2, 0.25) is 5.91 Å². The minimum absolute atomic E-state index is 0.00431. The number of nitrogens with one attached hydrogen (secondary N) is 1. The van der Waals surface area contributed by atoms with E-state index in [9.17, 15) is 14.7 Å². The van der Waals surface area contributed by atoms with Gasteiger partial charge in [-0.15, -0.1) is 0 Å². The minimum Gasteiger partial charge on any atom is -0.481 e. The van der Waals surface area contributed by atoms with E-state index in [0.717, 1.165) is 6.42 Å². The Hall–Kier alpha value is -1.14. The molecule has 1 heterocycles. The fraction of sp³-hybridized carbons (Fsp3) is 0.867. The van der Waals surface area contributed by atoms with Gasteiger partial charge >= 0.3 is 5.97 Å². The van der Waals surface area contributed by atoms with Gasteiger partial charge in [-0.2, -0.15) is 0 Å². The Balaban J connectivity index is 2.63. The first-order valence-electron chi connectivity index (χ1n) is 7.61. The lowest BCUT2D eigenvalue weighted by molar-refractivity contribution is -0.145. The minimum atomic E-state index is -0.890. The zero-order valence-electron chi connectivity index (χ0n) is 13.5. The highest BCUT2D eigenvalue weighted by atomic mass is 16.5. The van der Waals surface area contributed by atoms with Gasteiger partial charge in [0.1, 0.15) is 5.92 Å². The number of nitrogens with zero attached hydrogens (tertiary/aromatic N) is 1. The summed E-state index contributed by atoms with van der Waals surface area (Å²) in [5.74, 6) is -1.51. The van der Waals surface area contributed by atoms with Crippen molar-refractivity contribution in [3.8, 4) is 0 Å². The quantitative estimate of drug-likeness (QED) is 0.736. The second-order valence-corrected chi connectivity index (χ2v) is 6.56. The molecule has 1 saturated heterocycles. The number of ether oxygens (including phenoxy) is 1. The summed E-state index contributed by atoms with van der Waals surface area (Å²) < 4.78 is 5.28. The molecule has 2 N–H and O–H groups in total. The first-order valence-corrected chi connectivity index (χ1v) is 7.61. The van der Waals surface area contributed by atoms with Crippen LogP contribution >= 0.6 is 0 Å². The lowest BCUT2D eigenvalue weighted by Gasteiger charge is -2.31. The number of carbonyl (C=O) groups excluding carboxylic acids is 1. The molecule has 0 aromatic heterocycles. The smallest absolute Gasteiger partial charge is 0.311 e. The van der Waals surface area contributed by atoms with E-state index in [1.807, 2.05) is 27.7 Å². The summed E-state index contributed by atoms with van der Waals surface area (Å²) in [5, 5.41) is 12.5. The van der Waals surface area contributed by atoms with E-state index in [4.69, 9.17) is 4.74 Å². The van der Waals surface area contributed by atoms with Crippen molar-refractivity contribution in [2.24, 2.45) is 5.92 Å². The molecule has 1 rings (SSSR count). The molecule has 1 aliphatic heterocycles. The van der Waals surface area contributed by atoms with Crippen LogP contribution in [-0.2, 0) is 14.3 Å². The molecule has 6 nitrogen and oxygen atoms in total. The Bertz CT molecular complexity index is 365. The molecule has 21 heavy (non-hydrogen) atoms. The molecule has 0 bridgehead atoms. The van der Waals surface area contributed by atoms with Crippen LogP contribution in [0.2, 0.25) is 0 Å². The number of rotatable bonds is 7. The van der Waals surface area contributed by atoms with Crippen LogP contribution in [0.25, 0.3) is 0 Å². The summed E-state index contributed by atoms with van der Waals surface area (Å²) in [5.41, 5.74) is -0.0318. The Morgan fingerprint density at radius 3 is 2.52 bits per heavy atom. The van der Waals surface area contributed by atoms with Crippen molar-refractivity contribution < 1.29 is 19.4 Å². The van der Waals surface area contributed by atoms with Crippen molar-refractivity contribution in [2.45, 2.75) is 52.1 Å². The second kappa shape index (κ2) is 7.75. The SMILES string of the molecule is CCCN(C(=O)CCNC(C)(C)C)C1COCC1C(=O)O. The normalized spacial score (nSPS) is 22.3. The van der Waals surface area contributed by atoms with E-state index in [2.05, 4.69) is 5.32 Å². The molecule has 6 heteroatoms. The van der Waals surface area contributed by atoms with Crippen LogP contribution in [0.4, 0.5) is 0 Å². The van der Waals surface area contributed by atoms with Crippen LogP contribution in [0.15, 0.2) is 0 Å². The summed E-state index contributed by atoms with van der Waals surface area (Å²) in [6, 6.07) is -0.343. The van der Waals surface area contributed by atoms with E-state index < -0.39 is 11.9 Å². The van der Waals surface area contributed by atoms with Gasteiger partial charge in [-0.25, -0.2) is 0 Å². The molecule has 2 unspecified atom stereocenters. The molecule has 0 aromatic carbocycles. The van der Waals surface area contributed by atoms with Crippen molar-refractivity contribution in [3.05, 3.63) is 0 Å². The molecule has 0 aromatic rings. The number of hydrogen-bond donors (Lipinski definition) is 2. The van der Waals surface area contributed by atoms with Gasteiger partial charge in [-0.05, 0) is 27.2 Å². The fourth-order valence-corrected chi connectivity index (χ4v) is 2.49. The Kier molecular flexibility index (Phi) is 6.61. The molecular formula is C15H28N2O4. The maximum atomic E-state index is 12.4. The van der Waals surface area contributed by atoms with E-state index in [0.29, 0.717) is 26.1 Å². The van der Waals surface area contributed by atoms with Crippen LogP contribution in [0.1, 0.15) is 40.5 Å². The number of carboxylic acid groups (broad SMARTS) is 1. The molecule has 1 fully saturated rings. The van der Waals surface area contributed by atoms with Gasteiger partial charge in [0, 0.05) is 25.0 Å². The van der Waals surface area contributed by atoms with E-state index in [-0.39, 0.29) is 24.1 Å². The Morgan fingerprint density at radius 2 is 2.00 bits per heavy atom. The van der Waals surface area contributed by atoms with E-state index in [1.54, 1.807) is 4.90 Å². The first kappa shape index (κ1) is 17.9. The van der Waals surface area contributed by atoms with Crippen molar-refractivity contribution in [1.82, 2.24) is 10.2 Å². The average Bonchev–Trinajstić information content (AvgIpc) is 2.83. The number of aliphatic carboxylic acids is 1. The van der Waals surface area contributed by atoms with Crippen LogP contribution in [0.5, 0.6) is 0 Å². The average molecular weight is 300 g/mol. The Morgan fingerprint density at radius 1 is 1.33 bits per heavy atom. The highest BCUT2D eigenvalue weighted by Crippen LogP contribution is 2.21. The molecular weight excluding hydrogens is 272 g/mol. The second-order valence-electron chi connectivity index (χ2n) is 6.56. The van der Waals surface area contributed by atoms with Crippen LogP contribution in [0.3, 0.4) is 0 Å². The van der Waals surface area contributed by atoms with Crippen molar-refractivity contribution in [3.63, 3.8) is 0 Å². The van der Waals surface area contributed by atoms with Gasteiger partial charge in [0.15, 0.2) is 0 Å². The summed E-state index contributed by atoms with van der Waals surface area (Å²) >= 11 is 0. The molecule has 1 aliphatic rings. The van der Waals surface area contributed by atoms with Gasteiger partial charge in [-0.1, -0.05) is 6.92 Å². The van der Waals surface area contributed by atoms with Gasteiger partial charge in [0.25, 0.3) is 0 Å². The van der Waals surface area contributed by atoms with Gasteiger partial charge in [0.05, 0.1) is 19.3 Å². The molecule has 0 spiro atoms. The standard InChI is InChI=1S/C15H28N2O4/c1-5-8-17(12-10-21-9-11(12)14(19)20)13(18)6-7-16-15(2,3)4/h11-12,16H,5-10H2,1-4H3,(H,19,20). The molecule has 0 radical (unpaired) electrons. The number of carbonyl (C=O) groups is 2. The highest BCUT2D eigenvalue weighted by molar-refractivity contribution is 5.78. The van der Waals surface area contributed by atoms with Gasteiger partial charge in [-0.3, -0.25) is 9.59 Å². The predicted molar refractivity (Wildman–Crippen MR) is 80.1 cm³/mol. The lowest BCUT2D eigenvalue weighted by atomic mass is 10.0. The molecule has 1 amide bonds. The fourth-order valence-electron chi connectivity index (χ4n) is 2.49. The third-order valence-corrected chi connectivity index (χ3v) is 3.55. The van der Waals surface area contributed by atoms with Crippen molar-refractivity contribution in [1.29, 1.82) is 0 Å². The summed E-state index contributed by atoms with van der Waals surface area (Å²) in [4.78, 5) is 25.4. The number of amides is 1.